The summed E-state index contributed by atoms with van der Waals surface area (Å²) in [5, 5.41) is 3.81. The standard InChI is InChI=1S/C18H37N3/c1-16-6-8-18(9-7-16,14-19-17(2,3)4)15-21-12-10-20(5)11-13-21/h16,19H,6-15H2,1-5H3. The van der Waals surface area contributed by atoms with Crippen molar-refractivity contribution in [1.82, 2.24) is 15.1 Å². The lowest BCUT2D eigenvalue weighted by atomic mass is 9.70. The van der Waals surface area contributed by atoms with Crippen LogP contribution in [-0.4, -0.2) is 61.7 Å². The van der Waals surface area contributed by atoms with Crippen molar-refractivity contribution in [2.75, 3.05) is 46.3 Å². The van der Waals surface area contributed by atoms with Gasteiger partial charge in [-0.2, -0.15) is 0 Å². The molecule has 1 saturated carbocycles. The Labute approximate surface area is 132 Å². The smallest absolute Gasteiger partial charge is 0.0110 e. The third kappa shape index (κ3) is 5.54. The zero-order chi connectivity index (χ0) is 15.5. The van der Waals surface area contributed by atoms with Crippen LogP contribution in [0, 0.1) is 11.3 Å². The van der Waals surface area contributed by atoms with Crippen molar-refractivity contribution in [1.29, 1.82) is 0 Å². The molecule has 2 aliphatic rings. The van der Waals surface area contributed by atoms with E-state index in [1.165, 1.54) is 65.0 Å². The molecule has 0 aromatic heterocycles. The van der Waals surface area contributed by atoms with Crippen molar-refractivity contribution >= 4 is 0 Å². The van der Waals surface area contributed by atoms with E-state index in [9.17, 15) is 0 Å². The third-order valence-electron chi connectivity index (χ3n) is 5.48. The number of likely N-dealkylation sites (N-methyl/N-ethyl adjacent to an activating group) is 1. The molecule has 1 N–H and O–H groups in total. The molecule has 0 bridgehead atoms. The molecule has 0 spiro atoms. The van der Waals surface area contributed by atoms with Gasteiger partial charge in [0.05, 0.1) is 0 Å². The number of hydrogen-bond acceptors (Lipinski definition) is 3. The highest BCUT2D eigenvalue weighted by Crippen LogP contribution is 2.39. The molecule has 0 radical (unpaired) electrons. The second kappa shape index (κ2) is 6.97. The quantitative estimate of drug-likeness (QED) is 0.860. The zero-order valence-electron chi connectivity index (χ0n) is 15.0. The summed E-state index contributed by atoms with van der Waals surface area (Å²) in [6.07, 6.45) is 5.65. The van der Waals surface area contributed by atoms with Crippen molar-refractivity contribution < 1.29 is 0 Å². The highest BCUT2D eigenvalue weighted by atomic mass is 15.2. The van der Waals surface area contributed by atoms with Gasteiger partial charge in [-0.3, -0.25) is 0 Å². The van der Waals surface area contributed by atoms with Gasteiger partial charge in [0.25, 0.3) is 0 Å². The SMILES string of the molecule is CC1CCC(CNC(C)(C)C)(CN2CCN(C)CC2)CC1. The average Bonchev–Trinajstić information content (AvgIpc) is 2.42. The molecule has 2 rings (SSSR count). The Morgan fingerprint density at radius 2 is 1.62 bits per heavy atom. The zero-order valence-corrected chi connectivity index (χ0v) is 15.0. The maximum Gasteiger partial charge on any atom is 0.0110 e. The van der Waals surface area contributed by atoms with Gasteiger partial charge in [-0.15, -0.1) is 0 Å². The van der Waals surface area contributed by atoms with Crippen LogP contribution >= 0.6 is 0 Å². The maximum absolute atomic E-state index is 3.81. The first kappa shape index (κ1) is 17.2. The van der Waals surface area contributed by atoms with Crippen molar-refractivity contribution in [2.45, 2.75) is 58.9 Å². The fourth-order valence-electron chi connectivity index (χ4n) is 3.70. The van der Waals surface area contributed by atoms with Crippen molar-refractivity contribution in [3.63, 3.8) is 0 Å². The minimum absolute atomic E-state index is 0.234. The molecule has 0 aromatic carbocycles. The topological polar surface area (TPSA) is 18.5 Å². The predicted octanol–water partition coefficient (Wildman–Crippen LogP) is 2.82. The number of nitrogens with one attached hydrogen (secondary N) is 1. The van der Waals surface area contributed by atoms with Gasteiger partial charge in [0.1, 0.15) is 0 Å². The first-order valence-electron chi connectivity index (χ1n) is 8.94. The summed E-state index contributed by atoms with van der Waals surface area (Å²) in [6.45, 7) is 16.8. The van der Waals surface area contributed by atoms with E-state index >= 15 is 0 Å². The van der Waals surface area contributed by atoms with Crippen LogP contribution in [0.15, 0.2) is 0 Å². The van der Waals surface area contributed by atoms with Crippen molar-refractivity contribution in [2.24, 2.45) is 11.3 Å². The summed E-state index contributed by atoms with van der Waals surface area (Å²) in [7, 11) is 2.25. The molecule has 1 saturated heterocycles. The monoisotopic (exact) mass is 295 g/mol. The van der Waals surface area contributed by atoms with Crippen LogP contribution < -0.4 is 5.32 Å². The second-order valence-corrected chi connectivity index (χ2v) is 8.87. The highest BCUT2D eigenvalue weighted by Gasteiger charge is 2.36. The molecule has 1 aliphatic carbocycles. The molecule has 3 nitrogen and oxygen atoms in total. The first-order valence-corrected chi connectivity index (χ1v) is 8.94. The van der Waals surface area contributed by atoms with E-state index in [0.717, 1.165) is 5.92 Å². The summed E-state index contributed by atoms with van der Waals surface area (Å²) in [4.78, 5) is 5.18. The summed E-state index contributed by atoms with van der Waals surface area (Å²) in [5.74, 6) is 0.931. The van der Waals surface area contributed by atoms with Gasteiger partial charge < -0.3 is 15.1 Å². The third-order valence-corrected chi connectivity index (χ3v) is 5.48. The van der Waals surface area contributed by atoms with E-state index in [4.69, 9.17) is 0 Å². The molecule has 3 heteroatoms. The van der Waals surface area contributed by atoms with E-state index in [1.54, 1.807) is 0 Å². The normalized spacial score (nSPS) is 33.3. The largest absolute Gasteiger partial charge is 0.311 e. The lowest BCUT2D eigenvalue weighted by molar-refractivity contribution is 0.0552. The number of piperazine rings is 1. The van der Waals surface area contributed by atoms with E-state index in [-0.39, 0.29) is 5.54 Å². The first-order chi connectivity index (χ1) is 9.78. The molecular weight excluding hydrogens is 258 g/mol. The van der Waals surface area contributed by atoms with Crippen LogP contribution in [0.5, 0.6) is 0 Å². The Hall–Kier alpha value is -0.120. The number of nitrogens with zero attached hydrogens (tertiary/aromatic N) is 2. The van der Waals surface area contributed by atoms with Crippen LogP contribution in [0.2, 0.25) is 0 Å². The van der Waals surface area contributed by atoms with E-state index in [1.807, 2.05) is 0 Å². The Bertz CT molecular complexity index is 305. The van der Waals surface area contributed by atoms with Gasteiger partial charge in [0.2, 0.25) is 0 Å². The highest BCUT2D eigenvalue weighted by molar-refractivity contribution is 4.92. The molecule has 0 unspecified atom stereocenters. The summed E-state index contributed by atoms with van der Waals surface area (Å²) < 4.78 is 0. The molecule has 1 heterocycles. The number of rotatable bonds is 4. The van der Waals surface area contributed by atoms with Crippen LogP contribution in [0.1, 0.15) is 53.4 Å². The summed E-state index contributed by atoms with van der Waals surface area (Å²) >= 11 is 0. The molecule has 0 amide bonds. The minimum Gasteiger partial charge on any atom is -0.311 e. The molecule has 0 aromatic rings. The summed E-state index contributed by atoms with van der Waals surface area (Å²) in [5.41, 5.74) is 0.744. The van der Waals surface area contributed by atoms with Crippen LogP contribution in [0.3, 0.4) is 0 Å². The van der Waals surface area contributed by atoms with Gasteiger partial charge in [-0.25, -0.2) is 0 Å². The minimum atomic E-state index is 0.234. The molecule has 0 atom stereocenters. The van der Waals surface area contributed by atoms with Gasteiger partial charge in [-0.05, 0) is 52.0 Å². The van der Waals surface area contributed by atoms with Gasteiger partial charge in [0.15, 0.2) is 0 Å². The molecule has 2 fully saturated rings. The molecule has 21 heavy (non-hydrogen) atoms. The molecule has 1 aliphatic heterocycles. The van der Waals surface area contributed by atoms with E-state index in [0.29, 0.717) is 5.41 Å². The fraction of sp³-hybridized carbons (Fsp3) is 1.00. The molecular formula is C18H37N3. The van der Waals surface area contributed by atoms with Crippen LogP contribution in [0.4, 0.5) is 0 Å². The lowest BCUT2D eigenvalue weighted by Crippen LogP contribution is -2.53. The van der Waals surface area contributed by atoms with Gasteiger partial charge in [0, 0.05) is 44.8 Å². The van der Waals surface area contributed by atoms with Crippen molar-refractivity contribution in [3.05, 3.63) is 0 Å². The van der Waals surface area contributed by atoms with Crippen LogP contribution in [0.25, 0.3) is 0 Å². The Balaban J connectivity index is 1.95. The lowest BCUT2D eigenvalue weighted by Gasteiger charge is -2.46. The van der Waals surface area contributed by atoms with Crippen LogP contribution in [-0.2, 0) is 0 Å². The van der Waals surface area contributed by atoms with Crippen molar-refractivity contribution in [3.8, 4) is 0 Å². The van der Waals surface area contributed by atoms with Gasteiger partial charge >= 0.3 is 0 Å². The maximum atomic E-state index is 3.81. The number of hydrogen-bond donors (Lipinski definition) is 1. The Kier molecular flexibility index (Phi) is 5.72. The second-order valence-electron chi connectivity index (χ2n) is 8.87. The molecule has 124 valence electrons. The van der Waals surface area contributed by atoms with Gasteiger partial charge in [-0.1, -0.05) is 19.8 Å². The summed E-state index contributed by atoms with van der Waals surface area (Å²) in [6, 6.07) is 0. The Morgan fingerprint density at radius 1 is 1.05 bits per heavy atom. The van der Waals surface area contributed by atoms with E-state index < -0.39 is 0 Å². The predicted molar refractivity (Wildman–Crippen MR) is 91.8 cm³/mol. The van der Waals surface area contributed by atoms with E-state index in [2.05, 4.69) is 49.9 Å². The fourth-order valence-corrected chi connectivity index (χ4v) is 3.70. The average molecular weight is 296 g/mol. The Morgan fingerprint density at radius 3 is 2.14 bits per heavy atom.